The van der Waals surface area contributed by atoms with Crippen molar-refractivity contribution in [3.8, 4) is 0 Å². The Morgan fingerprint density at radius 2 is 1.86 bits per heavy atom. The van der Waals surface area contributed by atoms with Crippen LogP contribution in [-0.4, -0.2) is 73.7 Å². The zero-order valence-electron chi connectivity index (χ0n) is 10.9. The molecule has 6 N–H and O–H groups in total. The van der Waals surface area contributed by atoms with E-state index in [1.165, 1.54) is 24.5 Å². The SMILES string of the molecule is O=C(N/N=C\[C@@H](O)[C@@H](O)[C@H](O)[C@H](O)CO)c1ccncc1. The highest BCUT2D eigenvalue weighted by Crippen LogP contribution is 2.03. The molecule has 1 aromatic heterocycles. The molecule has 116 valence electrons. The Balaban J connectivity index is 2.51. The first-order valence-corrected chi connectivity index (χ1v) is 6.04. The summed E-state index contributed by atoms with van der Waals surface area (Å²) in [5, 5.41) is 49.5. The summed E-state index contributed by atoms with van der Waals surface area (Å²) in [6, 6.07) is 2.91. The van der Waals surface area contributed by atoms with Crippen LogP contribution in [0, 0.1) is 0 Å². The maximum Gasteiger partial charge on any atom is 0.271 e. The number of aliphatic hydroxyl groups excluding tert-OH is 5. The molecule has 1 amide bonds. The molecule has 0 saturated heterocycles. The first-order valence-electron chi connectivity index (χ1n) is 6.04. The van der Waals surface area contributed by atoms with Gasteiger partial charge < -0.3 is 25.5 Å². The second kappa shape index (κ2) is 8.39. The van der Waals surface area contributed by atoms with E-state index in [9.17, 15) is 20.1 Å². The van der Waals surface area contributed by atoms with Gasteiger partial charge in [0.1, 0.15) is 24.4 Å². The zero-order chi connectivity index (χ0) is 15.8. The van der Waals surface area contributed by atoms with Gasteiger partial charge in [-0.25, -0.2) is 5.43 Å². The molecular formula is C12H17N3O6. The van der Waals surface area contributed by atoms with Gasteiger partial charge in [0, 0.05) is 18.0 Å². The predicted octanol–water partition coefficient (Wildman–Crippen LogP) is -2.77. The summed E-state index contributed by atoms with van der Waals surface area (Å²) in [6.07, 6.45) is -3.14. The largest absolute Gasteiger partial charge is 0.394 e. The van der Waals surface area contributed by atoms with Gasteiger partial charge in [0.25, 0.3) is 5.91 Å². The Labute approximate surface area is 120 Å². The molecule has 4 atom stereocenters. The van der Waals surface area contributed by atoms with E-state index in [-0.39, 0.29) is 0 Å². The van der Waals surface area contributed by atoms with E-state index in [2.05, 4.69) is 15.5 Å². The minimum atomic E-state index is -1.77. The van der Waals surface area contributed by atoms with Crippen molar-refractivity contribution < 1.29 is 30.3 Å². The molecule has 9 nitrogen and oxygen atoms in total. The highest BCUT2D eigenvalue weighted by Gasteiger charge is 2.29. The number of aliphatic hydroxyl groups is 5. The van der Waals surface area contributed by atoms with Gasteiger partial charge >= 0.3 is 0 Å². The van der Waals surface area contributed by atoms with Gasteiger partial charge in [0.05, 0.1) is 12.8 Å². The molecule has 21 heavy (non-hydrogen) atoms. The highest BCUT2D eigenvalue weighted by atomic mass is 16.4. The van der Waals surface area contributed by atoms with Crippen molar-refractivity contribution in [3.05, 3.63) is 30.1 Å². The molecular weight excluding hydrogens is 282 g/mol. The third-order valence-electron chi connectivity index (χ3n) is 2.62. The average Bonchev–Trinajstić information content (AvgIpc) is 2.53. The van der Waals surface area contributed by atoms with Crippen LogP contribution in [0.4, 0.5) is 0 Å². The number of amides is 1. The molecule has 0 fully saturated rings. The standard InChI is InChI=1S/C12H17N3O6/c16-6-9(18)11(20)10(19)8(17)5-14-15-12(21)7-1-3-13-4-2-7/h1-5,8-11,16-20H,6H2,(H,15,21)/b14-5-/t8-,9-,10-,11-/m1/s1. The van der Waals surface area contributed by atoms with Crippen molar-refractivity contribution in [1.82, 2.24) is 10.4 Å². The average molecular weight is 299 g/mol. The molecule has 1 aromatic rings. The molecule has 0 unspecified atom stereocenters. The van der Waals surface area contributed by atoms with Crippen LogP contribution in [0.15, 0.2) is 29.6 Å². The second-order valence-corrected chi connectivity index (χ2v) is 4.18. The lowest BCUT2D eigenvalue weighted by atomic mass is 10.0. The van der Waals surface area contributed by atoms with Gasteiger partial charge in [0.15, 0.2) is 0 Å². The predicted molar refractivity (Wildman–Crippen MR) is 71.3 cm³/mol. The number of nitrogens with one attached hydrogen (secondary N) is 1. The van der Waals surface area contributed by atoms with Gasteiger partial charge in [-0.2, -0.15) is 5.10 Å². The molecule has 9 heteroatoms. The van der Waals surface area contributed by atoms with Crippen molar-refractivity contribution in [1.29, 1.82) is 0 Å². The quantitative estimate of drug-likeness (QED) is 0.235. The van der Waals surface area contributed by atoms with Crippen molar-refractivity contribution in [2.75, 3.05) is 6.61 Å². The third-order valence-corrected chi connectivity index (χ3v) is 2.62. The number of hydrazone groups is 1. The van der Waals surface area contributed by atoms with Crippen LogP contribution in [0.3, 0.4) is 0 Å². The van der Waals surface area contributed by atoms with E-state index in [0.29, 0.717) is 5.56 Å². The van der Waals surface area contributed by atoms with E-state index in [1.54, 1.807) is 0 Å². The summed E-state index contributed by atoms with van der Waals surface area (Å²) in [6.45, 7) is -0.777. The molecule has 1 heterocycles. The number of aromatic nitrogens is 1. The van der Waals surface area contributed by atoms with Crippen LogP contribution >= 0.6 is 0 Å². The lowest BCUT2D eigenvalue weighted by Crippen LogP contribution is -2.46. The Morgan fingerprint density at radius 1 is 1.24 bits per heavy atom. The topological polar surface area (TPSA) is 156 Å². The van der Waals surface area contributed by atoms with Crippen LogP contribution in [-0.2, 0) is 0 Å². The van der Waals surface area contributed by atoms with Gasteiger partial charge in [-0.3, -0.25) is 9.78 Å². The number of carbonyl (C=O) groups is 1. The van der Waals surface area contributed by atoms with Crippen LogP contribution in [0.5, 0.6) is 0 Å². The summed E-state index contributed by atoms with van der Waals surface area (Å²) < 4.78 is 0. The molecule has 1 rings (SSSR count). The summed E-state index contributed by atoms with van der Waals surface area (Å²) in [5.74, 6) is -0.550. The molecule has 0 aliphatic rings. The van der Waals surface area contributed by atoms with Crippen LogP contribution in [0.25, 0.3) is 0 Å². The van der Waals surface area contributed by atoms with E-state index in [0.717, 1.165) is 6.21 Å². The molecule has 0 spiro atoms. The monoisotopic (exact) mass is 299 g/mol. The first-order chi connectivity index (χ1) is 9.97. The van der Waals surface area contributed by atoms with Crippen molar-refractivity contribution in [3.63, 3.8) is 0 Å². The number of hydrogen-bond acceptors (Lipinski definition) is 8. The van der Waals surface area contributed by atoms with Gasteiger partial charge in [0.2, 0.25) is 0 Å². The van der Waals surface area contributed by atoms with E-state index in [1.807, 2.05) is 0 Å². The van der Waals surface area contributed by atoms with Crippen LogP contribution < -0.4 is 5.43 Å². The van der Waals surface area contributed by atoms with Crippen LogP contribution in [0.1, 0.15) is 10.4 Å². The molecule has 0 aromatic carbocycles. The third kappa shape index (κ3) is 5.17. The maximum absolute atomic E-state index is 11.6. The Morgan fingerprint density at radius 3 is 2.43 bits per heavy atom. The zero-order valence-corrected chi connectivity index (χ0v) is 10.9. The molecule has 0 aliphatic carbocycles. The maximum atomic E-state index is 11.6. The number of rotatable bonds is 7. The molecule has 0 saturated carbocycles. The normalized spacial score (nSPS) is 17.2. The van der Waals surface area contributed by atoms with E-state index in [4.69, 9.17) is 10.2 Å². The van der Waals surface area contributed by atoms with Crippen molar-refractivity contribution in [2.45, 2.75) is 24.4 Å². The van der Waals surface area contributed by atoms with Gasteiger partial charge in [-0.1, -0.05) is 0 Å². The fourth-order valence-electron chi connectivity index (χ4n) is 1.37. The number of carbonyl (C=O) groups excluding carboxylic acids is 1. The minimum absolute atomic E-state index is 0.299. The second-order valence-electron chi connectivity index (χ2n) is 4.18. The molecule has 0 radical (unpaired) electrons. The van der Waals surface area contributed by atoms with E-state index < -0.39 is 36.9 Å². The van der Waals surface area contributed by atoms with E-state index >= 15 is 0 Å². The lowest BCUT2D eigenvalue weighted by molar-refractivity contribution is -0.0999. The summed E-state index contributed by atoms with van der Waals surface area (Å²) in [5.41, 5.74) is 2.40. The first kappa shape index (κ1) is 17.1. The molecule has 0 bridgehead atoms. The molecule has 0 aliphatic heterocycles. The minimum Gasteiger partial charge on any atom is -0.394 e. The summed E-state index contributed by atoms with van der Waals surface area (Å²) in [4.78, 5) is 15.3. The van der Waals surface area contributed by atoms with Gasteiger partial charge in [-0.05, 0) is 12.1 Å². The summed E-state index contributed by atoms with van der Waals surface area (Å²) in [7, 11) is 0. The fraction of sp³-hybridized carbons (Fsp3) is 0.417. The highest BCUT2D eigenvalue weighted by molar-refractivity contribution is 5.94. The number of pyridine rings is 1. The Kier molecular flexibility index (Phi) is 6.85. The Hall–Kier alpha value is -1.91. The van der Waals surface area contributed by atoms with Gasteiger partial charge in [-0.15, -0.1) is 0 Å². The fourth-order valence-corrected chi connectivity index (χ4v) is 1.37. The number of nitrogens with zero attached hydrogens (tertiary/aromatic N) is 2. The van der Waals surface area contributed by atoms with Crippen LogP contribution in [0.2, 0.25) is 0 Å². The van der Waals surface area contributed by atoms with Crippen molar-refractivity contribution in [2.24, 2.45) is 5.10 Å². The summed E-state index contributed by atoms with van der Waals surface area (Å²) >= 11 is 0. The van der Waals surface area contributed by atoms with Crippen molar-refractivity contribution >= 4 is 12.1 Å². The Bertz CT molecular complexity index is 469. The lowest BCUT2D eigenvalue weighted by Gasteiger charge is -2.23. The smallest absolute Gasteiger partial charge is 0.271 e. The number of hydrogen-bond donors (Lipinski definition) is 6.